The number of hydrogen-bond acceptors (Lipinski definition) is 4. The average molecular weight is 398 g/mol. The minimum absolute atomic E-state index is 0.204. The molecule has 6 nitrogen and oxygen atoms in total. The van der Waals surface area contributed by atoms with E-state index in [-0.39, 0.29) is 17.6 Å². The lowest BCUT2D eigenvalue weighted by molar-refractivity contribution is 0.102. The number of carbonyl (C=O) groups is 1. The van der Waals surface area contributed by atoms with Crippen molar-refractivity contribution in [1.82, 2.24) is 15.1 Å². The number of carbonyl (C=O) groups excluding carboxylic acids is 1. The lowest BCUT2D eigenvalue weighted by atomic mass is 10.0. The minimum atomic E-state index is -0.347. The molecule has 0 fully saturated rings. The van der Waals surface area contributed by atoms with Crippen LogP contribution in [0.1, 0.15) is 10.4 Å². The molecule has 0 saturated carbocycles. The van der Waals surface area contributed by atoms with Crippen LogP contribution in [0.15, 0.2) is 83.8 Å². The number of rotatable bonds is 4. The van der Waals surface area contributed by atoms with Crippen molar-refractivity contribution in [2.24, 2.45) is 0 Å². The lowest BCUT2D eigenvalue weighted by Gasteiger charge is -2.06. The SMILES string of the molecule is O=C(Nc1onc(-c2ccc(F)cc2)c1-c1ccncc1)c1c[nH]c2ccccc12. The van der Waals surface area contributed by atoms with Gasteiger partial charge in [-0.25, -0.2) is 4.39 Å². The van der Waals surface area contributed by atoms with Gasteiger partial charge in [-0.05, 0) is 48.0 Å². The van der Waals surface area contributed by atoms with E-state index in [1.54, 1.807) is 42.9 Å². The van der Waals surface area contributed by atoms with Crippen molar-refractivity contribution in [3.8, 4) is 22.4 Å². The van der Waals surface area contributed by atoms with Crippen molar-refractivity contribution in [3.63, 3.8) is 0 Å². The van der Waals surface area contributed by atoms with E-state index in [4.69, 9.17) is 4.52 Å². The van der Waals surface area contributed by atoms with Gasteiger partial charge >= 0.3 is 0 Å². The molecule has 146 valence electrons. The summed E-state index contributed by atoms with van der Waals surface area (Å²) >= 11 is 0. The van der Waals surface area contributed by atoms with Gasteiger partial charge in [0.25, 0.3) is 5.91 Å². The molecule has 5 rings (SSSR count). The summed E-state index contributed by atoms with van der Waals surface area (Å²) in [7, 11) is 0. The summed E-state index contributed by atoms with van der Waals surface area (Å²) in [5.74, 6) is -0.471. The smallest absolute Gasteiger partial charge is 0.260 e. The number of benzene rings is 2. The van der Waals surface area contributed by atoms with Crippen molar-refractivity contribution in [3.05, 3.63) is 90.6 Å². The largest absolute Gasteiger partial charge is 0.360 e. The first-order valence-corrected chi connectivity index (χ1v) is 9.24. The zero-order chi connectivity index (χ0) is 20.5. The quantitative estimate of drug-likeness (QED) is 0.432. The summed E-state index contributed by atoms with van der Waals surface area (Å²) in [6, 6.07) is 17.1. The van der Waals surface area contributed by atoms with E-state index < -0.39 is 0 Å². The van der Waals surface area contributed by atoms with E-state index in [1.165, 1.54) is 12.1 Å². The Labute approximate surface area is 170 Å². The molecule has 0 aliphatic heterocycles. The van der Waals surface area contributed by atoms with Crippen LogP contribution in [0.3, 0.4) is 0 Å². The number of fused-ring (bicyclic) bond motifs is 1. The van der Waals surface area contributed by atoms with E-state index in [0.717, 1.165) is 16.5 Å². The minimum Gasteiger partial charge on any atom is -0.360 e. The molecule has 0 unspecified atom stereocenters. The highest BCUT2D eigenvalue weighted by Crippen LogP contribution is 2.38. The number of H-pyrrole nitrogens is 1. The molecular formula is C23H15FN4O2. The number of nitrogens with one attached hydrogen (secondary N) is 2. The number of nitrogens with zero attached hydrogens (tertiary/aromatic N) is 2. The van der Waals surface area contributed by atoms with Gasteiger partial charge in [0.05, 0.1) is 11.1 Å². The first-order chi connectivity index (χ1) is 14.7. The Balaban J connectivity index is 1.58. The normalized spacial score (nSPS) is 11.0. The molecule has 7 heteroatoms. The highest BCUT2D eigenvalue weighted by Gasteiger charge is 2.22. The Morgan fingerprint density at radius 1 is 0.967 bits per heavy atom. The summed E-state index contributed by atoms with van der Waals surface area (Å²) in [6.45, 7) is 0. The van der Waals surface area contributed by atoms with Crippen molar-refractivity contribution in [2.75, 3.05) is 5.32 Å². The zero-order valence-electron chi connectivity index (χ0n) is 15.6. The van der Waals surface area contributed by atoms with Gasteiger partial charge in [0.1, 0.15) is 11.5 Å². The number of hydrogen-bond donors (Lipinski definition) is 2. The van der Waals surface area contributed by atoms with Crippen LogP contribution in [-0.4, -0.2) is 21.0 Å². The topological polar surface area (TPSA) is 83.8 Å². The van der Waals surface area contributed by atoms with Crippen molar-refractivity contribution in [1.29, 1.82) is 0 Å². The number of anilines is 1. The molecule has 0 aliphatic rings. The summed E-state index contributed by atoms with van der Waals surface area (Å²) in [6.07, 6.45) is 4.94. The van der Waals surface area contributed by atoms with E-state index in [1.807, 2.05) is 24.3 Å². The molecule has 0 aliphatic carbocycles. The van der Waals surface area contributed by atoms with Gasteiger partial charge in [-0.15, -0.1) is 0 Å². The highest BCUT2D eigenvalue weighted by atomic mass is 19.1. The Morgan fingerprint density at radius 2 is 1.73 bits per heavy atom. The Hall–Kier alpha value is -4.26. The maximum absolute atomic E-state index is 13.4. The molecule has 0 bridgehead atoms. The summed E-state index contributed by atoms with van der Waals surface area (Å²) in [5, 5.41) is 7.78. The third-order valence-electron chi connectivity index (χ3n) is 4.84. The van der Waals surface area contributed by atoms with Crippen LogP contribution in [0.25, 0.3) is 33.3 Å². The van der Waals surface area contributed by atoms with Crippen molar-refractivity contribution < 1.29 is 13.7 Å². The molecule has 0 atom stereocenters. The Bertz CT molecular complexity index is 1340. The lowest BCUT2D eigenvalue weighted by Crippen LogP contribution is -2.11. The van der Waals surface area contributed by atoms with E-state index in [0.29, 0.717) is 22.4 Å². The van der Waals surface area contributed by atoms with Crippen LogP contribution in [0.5, 0.6) is 0 Å². The molecule has 0 saturated heterocycles. The predicted octanol–water partition coefficient (Wildman–Crippen LogP) is 5.28. The third-order valence-corrected chi connectivity index (χ3v) is 4.84. The second kappa shape index (κ2) is 7.29. The summed E-state index contributed by atoms with van der Waals surface area (Å²) in [5.41, 5.74) is 3.87. The van der Waals surface area contributed by atoms with Crippen LogP contribution < -0.4 is 5.32 Å². The molecule has 3 heterocycles. The number of halogens is 1. The zero-order valence-corrected chi connectivity index (χ0v) is 15.6. The maximum Gasteiger partial charge on any atom is 0.260 e. The monoisotopic (exact) mass is 398 g/mol. The van der Waals surface area contributed by atoms with Crippen LogP contribution in [0, 0.1) is 5.82 Å². The van der Waals surface area contributed by atoms with E-state index in [2.05, 4.69) is 20.4 Å². The van der Waals surface area contributed by atoms with Gasteiger partial charge in [0.15, 0.2) is 0 Å². The van der Waals surface area contributed by atoms with Gasteiger partial charge in [0, 0.05) is 35.1 Å². The third kappa shape index (κ3) is 3.12. The van der Waals surface area contributed by atoms with Crippen LogP contribution in [0.4, 0.5) is 10.3 Å². The van der Waals surface area contributed by atoms with E-state index >= 15 is 0 Å². The fraction of sp³-hybridized carbons (Fsp3) is 0. The molecule has 3 aromatic heterocycles. The second-order valence-electron chi connectivity index (χ2n) is 6.68. The van der Waals surface area contributed by atoms with Crippen molar-refractivity contribution in [2.45, 2.75) is 0 Å². The molecule has 0 spiro atoms. The maximum atomic E-state index is 13.4. The summed E-state index contributed by atoms with van der Waals surface area (Å²) < 4.78 is 18.9. The fourth-order valence-corrected chi connectivity index (χ4v) is 3.40. The standard InChI is InChI=1S/C23H15FN4O2/c24-16-7-5-15(6-8-16)21-20(14-9-11-25-12-10-14)23(30-28-21)27-22(29)18-13-26-19-4-2-1-3-17(18)19/h1-13,26H,(H,27,29). The number of aromatic nitrogens is 3. The second-order valence-corrected chi connectivity index (χ2v) is 6.68. The predicted molar refractivity (Wildman–Crippen MR) is 111 cm³/mol. The first-order valence-electron chi connectivity index (χ1n) is 9.24. The number of aromatic amines is 1. The van der Waals surface area contributed by atoms with Crippen LogP contribution in [-0.2, 0) is 0 Å². The van der Waals surface area contributed by atoms with Gasteiger partial charge in [0.2, 0.25) is 5.88 Å². The molecule has 1 amide bonds. The van der Waals surface area contributed by atoms with Gasteiger partial charge < -0.3 is 9.51 Å². The Morgan fingerprint density at radius 3 is 2.53 bits per heavy atom. The van der Waals surface area contributed by atoms with Gasteiger partial charge in [-0.3, -0.25) is 15.1 Å². The number of para-hydroxylation sites is 1. The molecule has 30 heavy (non-hydrogen) atoms. The van der Waals surface area contributed by atoms with Crippen LogP contribution in [0.2, 0.25) is 0 Å². The molecular weight excluding hydrogens is 383 g/mol. The highest BCUT2D eigenvalue weighted by molar-refractivity contribution is 6.13. The molecule has 0 radical (unpaired) electrons. The average Bonchev–Trinajstić information content (AvgIpc) is 3.39. The van der Waals surface area contributed by atoms with Crippen LogP contribution >= 0.6 is 0 Å². The summed E-state index contributed by atoms with van der Waals surface area (Å²) in [4.78, 5) is 20.1. The number of pyridine rings is 1. The van der Waals surface area contributed by atoms with Crippen molar-refractivity contribution >= 4 is 22.7 Å². The fourth-order valence-electron chi connectivity index (χ4n) is 3.40. The molecule has 2 aromatic carbocycles. The first kappa shape index (κ1) is 17.8. The van der Waals surface area contributed by atoms with Gasteiger partial charge in [-0.1, -0.05) is 23.4 Å². The molecule has 5 aromatic rings. The van der Waals surface area contributed by atoms with E-state index in [9.17, 15) is 9.18 Å². The number of amides is 1. The van der Waals surface area contributed by atoms with Gasteiger partial charge in [-0.2, -0.15) is 0 Å². The molecule has 2 N–H and O–H groups in total. The Kier molecular flexibility index (Phi) is 4.33.